The lowest BCUT2D eigenvalue weighted by molar-refractivity contribution is -0.120. The van der Waals surface area contributed by atoms with Gasteiger partial charge in [-0.3, -0.25) is 4.79 Å². The molecule has 1 atom stereocenters. The van der Waals surface area contributed by atoms with Crippen LogP contribution in [0.4, 0.5) is 0 Å². The van der Waals surface area contributed by atoms with Gasteiger partial charge in [-0.2, -0.15) is 0 Å². The summed E-state index contributed by atoms with van der Waals surface area (Å²) in [5.74, 6) is 0.880. The topological polar surface area (TPSA) is 41.1 Å². The Balaban J connectivity index is 0.00000242. The van der Waals surface area contributed by atoms with E-state index in [9.17, 15) is 4.79 Å². The normalized spacial score (nSPS) is 17.0. The molecule has 124 valence electrons. The number of halogens is 1. The minimum absolute atomic E-state index is 0. The average molecular weight is 325 g/mol. The molecular weight excluding hydrogens is 296 g/mol. The van der Waals surface area contributed by atoms with Crippen molar-refractivity contribution in [2.45, 2.75) is 45.4 Å². The predicted molar refractivity (Wildman–Crippen MR) is 94.6 cm³/mol. The fourth-order valence-electron chi connectivity index (χ4n) is 2.83. The molecule has 1 aliphatic heterocycles. The summed E-state index contributed by atoms with van der Waals surface area (Å²) < 4.78 is 0. The Labute approximate surface area is 140 Å². The molecule has 1 aromatic rings. The summed E-state index contributed by atoms with van der Waals surface area (Å²) in [6.45, 7) is 5.25. The summed E-state index contributed by atoms with van der Waals surface area (Å²) in [6, 6.07) is 8.49. The van der Waals surface area contributed by atoms with E-state index in [0.717, 1.165) is 44.0 Å². The zero-order valence-electron chi connectivity index (χ0n) is 13.6. The fraction of sp³-hybridized carbons (Fsp3) is 0.611. The molecule has 1 aliphatic rings. The molecular formula is C18H29ClN2O. The first-order valence-corrected chi connectivity index (χ1v) is 8.33. The fourth-order valence-corrected chi connectivity index (χ4v) is 2.83. The van der Waals surface area contributed by atoms with Crippen molar-refractivity contribution in [2.75, 3.05) is 19.6 Å². The summed E-state index contributed by atoms with van der Waals surface area (Å²) in [7, 11) is 0. The van der Waals surface area contributed by atoms with Crippen LogP contribution >= 0.6 is 12.4 Å². The van der Waals surface area contributed by atoms with Crippen LogP contribution in [0.2, 0.25) is 0 Å². The van der Waals surface area contributed by atoms with Gasteiger partial charge in [-0.05, 0) is 55.8 Å². The second kappa shape index (κ2) is 10.6. The van der Waals surface area contributed by atoms with Gasteiger partial charge >= 0.3 is 0 Å². The van der Waals surface area contributed by atoms with Gasteiger partial charge in [-0.1, -0.05) is 37.6 Å². The van der Waals surface area contributed by atoms with Gasteiger partial charge in [0, 0.05) is 6.54 Å². The van der Waals surface area contributed by atoms with E-state index in [1.807, 2.05) is 0 Å². The van der Waals surface area contributed by atoms with E-state index in [4.69, 9.17) is 0 Å². The lowest BCUT2D eigenvalue weighted by Crippen LogP contribution is -2.27. The van der Waals surface area contributed by atoms with E-state index < -0.39 is 0 Å². The number of amides is 1. The molecule has 3 nitrogen and oxygen atoms in total. The molecule has 1 aromatic carbocycles. The Morgan fingerprint density at radius 1 is 1.27 bits per heavy atom. The van der Waals surface area contributed by atoms with Crippen molar-refractivity contribution in [3.05, 3.63) is 35.4 Å². The first-order valence-electron chi connectivity index (χ1n) is 8.33. The third-order valence-electron chi connectivity index (χ3n) is 4.24. The van der Waals surface area contributed by atoms with Gasteiger partial charge in [-0.15, -0.1) is 12.4 Å². The number of benzene rings is 1. The SMILES string of the molecule is CCCCc1ccc(CC(=O)NCCC2CCNC2)cc1.Cl. The number of unbranched alkanes of at least 4 members (excludes halogenated alkanes) is 1. The van der Waals surface area contributed by atoms with Crippen LogP contribution in [0.25, 0.3) is 0 Å². The van der Waals surface area contributed by atoms with Crippen molar-refractivity contribution in [1.82, 2.24) is 10.6 Å². The number of hydrogen-bond acceptors (Lipinski definition) is 2. The molecule has 2 rings (SSSR count). The number of carbonyl (C=O) groups is 1. The highest BCUT2D eigenvalue weighted by Crippen LogP contribution is 2.11. The summed E-state index contributed by atoms with van der Waals surface area (Å²) in [5, 5.41) is 6.40. The van der Waals surface area contributed by atoms with Gasteiger partial charge in [0.1, 0.15) is 0 Å². The largest absolute Gasteiger partial charge is 0.356 e. The minimum Gasteiger partial charge on any atom is -0.356 e. The Kier molecular flexibility index (Phi) is 9.17. The molecule has 2 N–H and O–H groups in total. The monoisotopic (exact) mass is 324 g/mol. The number of carbonyl (C=O) groups excluding carboxylic acids is 1. The van der Waals surface area contributed by atoms with Crippen LogP contribution in [0, 0.1) is 5.92 Å². The highest BCUT2D eigenvalue weighted by Gasteiger charge is 2.14. The van der Waals surface area contributed by atoms with E-state index in [-0.39, 0.29) is 18.3 Å². The van der Waals surface area contributed by atoms with Gasteiger partial charge in [0.15, 0.2) is 0 Å². The molecule has 1 amide bonds. The standard InChI is InChI=1S/C18H28N2O.ClH/c1-2-3-4-15-5-7-16(8-6-15)13-18(21)20-12-10-17-9-11-19-14-17;/h5-8,17,19H,2-4,9-14H2,1H3,(H,20,21);1H. The molecule has 0 bridgehead atoms. The number of hydrogen-bond donors (Lipinski definition) is 2. The molecule has 0 spiro atoms. The Bertz CT molecular complexity index is 427. The van der Waals surface area contributed by atoms with Crippen LogP contribution in [0.15, 0.2) is 24.3 Å². The summed E-state index contributed by atoms with van der Waals surface area (Å²) in [4.78, 5) is 11.9. The van der Waals surface area contributed by atoms with E-state index in [1.54, 1.807) is 0 Å². The van der Waals surface area contributed by atoms with Crippen LogP contribution in [0.3, 0.4) is 0 Å². The molecule has 1 heterocycles. The van der Waals surface area contributed by atoms with Crippen molar-refractivity contribution in [3.63, 3.8) is 0 Å². The van der Waals surface area contributed by atoms with Crippen LogP contribution < -0.4 is 10.6 Å². The first-order chi connectivity index (χ1) is 10.3. The van der Waals surface area contributed by atoms with Crippen molar-refractivity contribution < 1.29 is 4.79 Å². The number of aryl methyl sites for hydroxylation is 1. The first kappa shape index (κ1) is 19.0. The van der Waals surface area contributed by atoms with Crippen LogP contribution in [0.5, 0.6) is 0 Å². The van der Waals surface area contributed by atoms with Gasteiger partial charge in [0.25, 0.3) is 0 Å². The smallest absolute Gasteiger partial charge is 0.224 e. The number of rotatable bonds is 8. The predicted octanol–water partition coefficient (Wildman–Crippen LogP) is 3.11. The lowest BCUT2D eigenvalue weighted by Gasteiger charge is -2.09. The molecule has 4 heteroatoms. The second-order valence-corrected chi connectivity index (χ2v) is 6.09. The van der Waals surface area contributed by atoms with E-state index in [2.05, 4.69) is 41.8 Å². The zero-order chi connectivity index (χ0) is 14.9. The third kappa shape index (κ3) is 6.80. The summed E-state index contributed by atoms with van der Waals surface area (Å²) in [6.07, 6.45) is 6.43. The van der Waals surface area contributed by atoms with E-state index in [1.165, 1.54) is 24.8 Å². The molecule has 0 saturated carbocycles. The molecule has 0 aliphatic carbocycles. The highest BCUT2D eigenvalue weighted by molar-refractivity contribution is 5.85. The lowest BCUT2D eigenvalue weighted by atomic mass is 10.0. The highest BCUT2D eigenvalue weighted by atomic mass is 35.5. The van der Waals surface area contributed by atoms with Gasteiger partial charge in [-0.25, -0.2) is 0 Å². The minimum atomic E-state index is 0. The molecule has 1 unspecified atom stereocenters. The molecule has 0 radical (unpaired) electrons. The molecule has 1 fully saturated rings. The molecule has 0 aromatic heterocycles. The van der Waals surface area contributed by atoms with Gasteiger partial charge < -0.3 is 10.6 Å². The maximum Gasteiger partial charge on any atom is 0.224 e. The maximum absolute atomic E-state index is 11.9. The summed E-state index contributed by atoms with van der Waals surface area (Å²) >= 11 is 0. The van der Waals surface area contributed by atoms with Crippen molar-refractivity contribution in [1.29, 1.82) is 0 Å². The van der Waals surface area contributed by atoms with Gasteiger partial charge in [0.2, 0.25) is 5.91 Å². The van der Waals surface area contributed by atoms with Gasteiger partial charge in [0.05, 0.1) is 6.42 Å². The van der Waals surface area contributed by atoms with Crippen molar-refractivity contribution in [2.24, 2.45) is 5.92 Å². The Morgan fingerprint density at radius 2 is 2.00 bits per heavy atom. The van der Waals surface area contributed by atoms with Crippen molar-refractivity contribution in [3.8, 4) is 0 Å². The molecule has 1 saturated heterocycles. The van der Waals surface area contributed by atoms with Crippen LogP contribution in [0.1, 0.15) is 43.7 Å². The number of nitrogens with one attached hydrogen (secondary N) is 2. The van der Waals surface area contributed by atoms with Crippen LogP contribution in [-0.2, 0) is 17.6 Å². The van der Waals surface area contributed by atoms with E-state index in [0.29, 0.717) is 6.42 Å². The quantitative estimate of drug-likeness (QED) is 0.771. The zero-order valence-corrected chi connectivity index (χ0v) is 14.4. The second-order valence-electron chi connectivity index (χ2n) is 6.09. The Hall–Kier alpha value is -1.06. The van der Waals surface area contributed by atoms with Crippen molar-refractivity contribution >= 4 is 18.3 Å². The molecule has 22 heavy (non-hydrogen) atoms. The summed E-state index contributed by atoms with van der Waals surface area (Å²) in [5.41, 5.74) is 2.48. The van der Waals surface area contributed by atoms with E-state index >= 15 is 0 Å². The Morgan fingerprint density at radius 3 is 2.64 bits per heavy atom. The third-order valence-corrected chi connectivity index (χ3v) is 4.24. The maximum atomic E-state index is 11.9. The van der Waals surface area contributed by atoms with Crippen LogP contribution in [-0.4, -0.2) is 25.5 Å². The average Bonchev–Trinajstić information content (AvgIpc) is 3.00.